The lowest BCUT2D eigenvalue weighted by molar-refractivity contribution is 0.415. The number of methoxy groups -OCH3 is 1. The van der Waals surface area contributed by atoms with Crippen LogP contribution >= 0.6 is 0 Å². The highest BCUT2D eigenvalue weighted by Crippen LogP contribution is 2.24. The Morgan fingerprint density at radius 3 is 2.41 bits per heavy atom. The minimum atomic E-state index is -3.64. The summed E-state index contributed by atoms with van der Waals surface area (Å²) in [5, 5.41) is 0. The molecule has 0 atom stereocenters. The van der Waals surface area contributed by atoms with Crippen LogP contribution in [0.2, 0.25) is 0 Å². The van der Waals surface area contributed by atoms with E-state index >= 15 is 0 Å². The average Bonchev–Trinajstić information content (AvgIpc) is 3.00. The molecule has 0 aliphatic rings. The summed E-state index contributed by atoms with van der Waals surface area (Å²) in [5.41, 5.74) is 3.07. The molecule has 0 aliphatic carbocycles. The molecule has 1 aromatic heterocycles. The molecule has 0 unspecified atom stereocenters. The molecule has 3 aromatic rings. The predicted octanol–water partition coefficient (Wildman–Crippen LogP) is 3.75. The van der Waals surface area contributed by atoms with Gasteiger partial charge in [0.25, 0.3) is 0 Å². The zero-order valence-corrected chi connectivity index (χ0v) is 16.6. The van der Waals surface area contributed by atoms with Gasteiger partial charge in [0.15, 0.2) is 0 Å². The highest BCUT2D eigenvalue weighted by Gasteiger charge is 2.19. The van der Waals surface area contributed by atoms with Gasteiger partial charge in [-0.15, -0.1) is 0 Å². The van der Waals surface area contributed by atoms with Crippen LogP contribution < -0.4 is 9.46 Å². The predicted molar refractivity (Wildman–Crippen MR) is 103 cm³/mol. The second-order valence-electron chi connectivity index (χ2n) is 6.34. The molecule has 0 radical (unpaired) electrons. The van der Waals surface area contributed by atoms with Crippen LogP contribution in [0.15, 0.2) is 51.8 Å². The Bertz CT molecular complexity index is 1050. The third kappa shape index (κ3) is 4.20. The van der Waals surface area contributed by atoms with Gasteiger partial charge in [0, 0.05) is 5.56 Å². The number of nitrogens with one attached hydrogen (secondary N) is 1. The quantitative estimate of drug-likeness (QED) is 0.698. The molecule has 0 spiro atoms. The molecule has 1 N–H and O–H groups in total. The van der Waals surface area contributed by atoms with Crippen molar-refractivity contribution in [1.29, 1.82) is 0 Å². The van der Waals surface area contributed by atoms with Crippen molar-refractivity contribution in [3.63, 3.8) is 0 Å². The molecule has 27 heavy (non-hydrogen) atoms. The molecular weight excluding hydrogens is 364 g/mol. The molecule has 142 valence electrons. The standard InChI is InChI=1S/C20H22N2O4S/c1-13-5-10-19(14(2)11-13)27(23,24)21-12-18-15(3)26-20(22-18)16-6-8-17(25-4)9-7-16/h5-11,21H,12H2,1-4H3. The minimum absolute atomic E-state index is 0.0567. The van der Waals surface area contributed by atoms with E-state index in [1.165, 1.54) is 0 Å². The van der Waals surface area contributed by atoms with Gasteiger partial charge in [0.05, 0.1) is 24.2 Å². The van der Waals surface area contributed by atoms with Gasteiger partial charge in [-0.1, -0.05) is 17.7 Å². The number of hydrogen-bond donors (Lipinski definition) is 1. The van der Waals surface area contributed by atoms with Gasteiger partial charge < -0.3 is 9.15 Å². The lowest BCUT2D eigenvalue weighted by atomic mass is 10.2. The van der Waals surface area contributed by atoms with Gasteiger partial charge in [-0.2, -0.15) is 0 Å². The van der Waals surface area contributed by atoms with Crippen molar-refractivity contribution in [2.24, 2.45) is 0 Å². The Morgan fingerprint density at radius 2 is 1.78 bits per heavy atom. The van der Waals surface area contributed by atoms with Gasteiger partial charge in [0.2, 0.25) is 15.9 Å². The van der Waals surface area contributed by atoms with Gasteiger partial charge >= 0.3 is 0 Å². The Hall–Kier alpha value is -2.64. The summed E-state index contributed by atoms with van der Waals surface area (Å²) < 4.78 is 38.7. The molecule has 7 heteroatoms. The highest BCUT2D eigenvalue weighted by molar-refractivity contribution is 7.89. The van der Waals surface area contributed by atoms with E-state index in [2.05, 4.69) is 9.71 Å². The number of oxazole rings is 1. The summed E-state index contributed by atoms with van der Waals surface area (Å²) in [6, 6.07) is 12.6. The average molecular weight is 386 g/mol. The molecule has 0 saturated carbocycles. The van der Waals surface area contributed by atoms with Crippen LogP contribution in [0, 0.1) is 20.8 Å². The smallest absolute Gasteiger partial charge is 0.241 e. The minimum Gasteiger partial charge on any atom is -0.497 e. The fourth-order valence-corrected chi connectivity index (χ4v) is 4.00. The summed E-state index contributed by atoms with van der Waals surface area (Å²) in [6.07, 6.45) is 0. The molecule has 6 nitrogen and oxygen atoms in total. The lowest BCUT2D eigenvalue weighted by Gasteiger charge is -2.09. The van der Waals surface area contributed by atoms with Crippen LogP contribution in [-0.4, -0.2) is 20.5 Å². The number of sulfonamides is 1. The van der Waals surface area contributed by atoms with Crippen molar-refractivity contribution in [3.8, 4) is 17.2 Å². The Morgan fingerprint density at radius 1 is 1.07 bits per heavy atom. The summed E-state index contributed by atoms with van der Waals surface area (Å²) in [6.45, 7) is 5.53. The normalized spacial score (nSPS) is 11.6. The van der Waals surface area contributed by atoms with Gasteiger partial charge in [0.1, 0.15) is 11.5 Å². The van der Waals surface area contributed by atoms with Gasteiger partial charge in [-0.25, -0.2) is 18.1 Å². The van der Waals surface area contributed by atoms with Crippen LogP contribution in [0.1, 0.15) is 22.6 Å². The Balaban J connectivity index is 1.79. The van der Waals surface area contributed by atoms with Crippen LogP contribution in [0.25, 0.3) is 11.5 Å². The maximum atomic E-state index is 12.6. The molecule has 3 rings (SSSR count). The molecule has 0 fully saturated rings. The topological polar surface area (TPSA) is 81.4 Å². The summed E-state index contributed by atoms with van der Waals surface area (Å²) in [7, 11) is -2.03. The van der Waals surface area contributed by atoms with E-state index in [9.17, 15) is 8.42 Å². The third-order valence-electron chi connectivity index (χ3n) is 4.28. The van der Waals surface area contributed by atoms with E-state index in [0.29, 0.717) is 22.9 Å². The summed E-state index contributed by atoms with van der Waals surface area (Å²) in [4.78, 5) is 4.70. The van der Waals surface area contributed by atoms with E-state index in [4.69, 9.17) is 9.15 Å². The number of aromatic nitrogens is 1. The van der Waals surface area contributed by atoms with Crippen molar-refractivity contribution in [2.75, 3.05) is 7.11 Å². The first-order chi connectivity index (χ1) is 12.8. The van der Waals surface area contributed by atoms with Crippen LogP contribution in [0.4, 0.5) is 0 Å². The lowest BCUT2D eigenvalue weighted by Crippen LogP contribution is -2.24. The molecule has 0 aliphatic heterocycles. The van der Waals surface area contributed by atoms with Crippen molar-refractivity contribution in [1.82, 2.24) is 9.71 Å². The molecule has 2 aromatic carbocycles. The van der Waals surface area contributed by atoms with E-state index in [0.717, 1.165) is 16.9 Å². The van der Waals surface area contributed by atoms with Crippen LogP contribution in [0.5, 0.6) is 5.75 Å². The Kier molecular flexibility index (Phi) is 5.34. The van der Waals surface area contributed by atoms with Crippen molar-refractivity contribution < 1.29 is 17.6 Å². The second-order valence-corrected chi connectivity index (χ2v) is 8.08. The SMILES string of the molecule is COc1ccc(-c2nc(CNS(=O)(=O)c3ccc(C)cc3C)c(C)o2)cc1. The Labute approximate surface area is 159 Å². The van der Waals surface area contributed by atoms with Crippen LogP contribution in [-0.2, 0) is 16.6 Å². The number of aryl methyl sites for hydroxylation is 3. The molecule has 1 heterocycles. The van der Waals surface area contributed by atoms with Crippen LogP contribution in [0.3, 0.4) is 0 Å². The molecular formula is C20H22N2O4S. The number of ether oxygens (including phenoxy) is 1. The monoisotopic (exact) mass is 386 g/mol. The molecule has 0 saturated heterocycles. The van der Waals surface area contributed by atoms with E-state index in [1.54, 1.807) is 33.1 Å². The van der Waals surface area contributed by atoms with Crippen molar-refractivity contribution >= 4 is 10.0 Å². The number of hydrogen-bond acceptors (Lipinski definition) is 5. The number of rotatable bonds is 6. The van der Waals surface area contributed by atoms with Crippen molar-refractivity contribution in [3.05, 3.63) is 65.0 Å². The first kappa shape index (κ1) is 19.1. The first-order valence-electron chi connectivity index (χ1n) is 8.48. The molecule has 0 bridgehead atoms. The van der Waals surface area contributed by atoms with E-state index < -0.39 is 10.0 Å². The van der Waals surface area contributed by atoms with Gasteiger partial charge in [-0.05, 0) is 56.7 Å². The zero-order valence-electron chi connectivity index (χ0n) is 15.7. The van der Waals surface area contributed by atoms with Gasteiger partial charge in [-0.3, -0.25) is 0 Å². The second kappa shape index (κ2) is 7.54. The summed E-state index contributed by atoms with van der Waals surface area (Å²) in [5.74, 6) is 1.75. The highest BCUT2D eigenvalue weighted by atomic mass is 32.2. The first-order valence-corrected chi connectivity index (χ1v) is 9.96. The van der Waals surface area contributed by atoms with Crippen molar-refractivity contribution in [2.45, 2.75) is 32.2 Å². The van der Waals surface area contributed by atoms with E-state index in [1.807, 2.05) is 37.3 Å². The maximum absolute atomic E-state index is 12.6. The number of benzene rings is 2. The fourth-order valence-electron chi connectivity index (χ4n) is 2.79. The largest absolute Gasteiger partial charge is 0.497 e. The number of nitrogens with zero attached hydrogens (tertiary/aromatic N) is 1. The maximum Gasteiger partial charge on any atom is 0.241 e. The fraction of sp³-hybridized carbons (Fsp3) is 0.250. The molecule has 0 amide bonds. The van der Waals surface area contributed by atoms with E-state index in [-0.39, 0.29) is 11.4 Å². The third-order valence-corrected chi connectivity index (χ3v) is 5.84. The summed E-state index contributed by atoms with van der Waals surface area (Å²) >= 11 is 0. The zero-order chi connectivity index (χ0) is 19.6.